The minimum absolute atomic E-state index is 0.227. The topological polar surface area (TPSA) is 68.0 Å². The first-order valence-corrected chi connectivity index (χ1v) is 6.76. The van der Waals surface area contributed by atoms with Gasteiger partial charge in [0.1, 0.15) is 5.52 Å². The third-order valence-electron chi connectivity index (χ3n) is 3.58. The second-order valence-corrected chi connectivity index (χ2v) is 5.09. The summed E-state index contributed by atoms with van der Waals surface area (Å²) in [6.45, 7) is 2.83. The number of aromatic carboxylic acids is 1. The number of fused-ring (bicyclic) bond motifs is 1. The number of nitrogens with zero attached hydrogens (tertiary/aromatic N) is 3. The number of carboxylic acid groups (broad SMARTS) is 1. The van der Waals surface area contributed by atoms with Gasteiger partial charge in [0.25, 0.3) is 0 Å². The maximum Gasteiger partial charge on any atom is 0.335 e. The van der Waals surface area contributed by atoms with E-state index in [1.807, 2.05) is 22.9 Å². The lowest BCUT2D eigenvalue weighted by Gasteiger charge is -2.12. The normalized spacial score (nSPS) is 12.4. The Hall–Kier alpha value is -2.69. The van der Waals surface area contributed by atoms with Crippen molar-refractivity contribution in [1.29, 1.82) is 0 Å². The molecule has 1 aromatic heterocycles. The average molecular weight is 281 g/mol. The van der Waals surface area contributed by atoms with Crippen molar-refractivity contribution < 1.29 is 9.90 Å². The van der Waals surface area contributed by atoms with Gasteiger partial charge in [0, 0.05) is 12.5 Å². The molecule has 0 spiro atoms. The molecule has 1 unspecified atom stereocenters. The zero-order valence-corrected chi connectivity index (χ0v) is 11.6. The number of carboxylic acids is 1. The van der Waals surface area contributed by atoms with Gasteiger partial charge in [-0.25, -0.2) is 9.48 Å². The Morgan fingerprint density at radius 3 is 2.71 bits per heavy atom. The number of rotatable bonds is 4. The van der Waals surface area contributed by atoms with Crippen LogP contribution in [0, 0.1) is 0 Å². The highest BCUT2D eigenvalue weighted by molar-refractivity contribution is 5.92. The molecular formula is C16H15N3O2. The average Bonchev–Trinajstić information content (AvgIpc) is 2.90. The SMILES string of the molecule is CC(Cn1nnc2cc(C(=O)O)ccc21)c1ccccc1. The highest BCUT2D eigenvalue weighted by Gasteiger charge is 2.12. The van der Waals surface area contributed by atoms with Crippen molar-refractivity contribution >= 4 is 17.0 Å². The zero-order chi connectivity index (χ0) is 14.8. The van der Waals surface area contributed by atoms with E-state index in [0.717, 1.165) is 5.52 Å². The van der Waals surface area contributed by atoms with E-state index in [4.69, 9.17) is 5.11 Å². The molecule has 0 saturated heterocycles. The van der Waals surface area contributed by atoms with Crippen LogP contribution >= 0.6 is 0 Å². The van der Waals surface area contributed by atoms with E-state index in [9.17, 15) is 4.79 Å². The molecule has 5 heteroatoms. The van der Waals surface area contributed by atoms with Gasteiger partial charge in [0.05, 0.1) is 11.1 Å². The van der Waals surface area contributed by atoms with Gasteiger partial charge >= 0.3 is 5.97 Å². The summed E-state index contributed by atoms with van der Waals surface area (Å²) in [5.41, 5.74) is 2.92. The second-order valence-electron chi connectivity index (χ2n) is 5.09. The molecule has 0 bridgehead atoms. The third kappa shape index (κ3) is 2.63. The van der Waals surface area contributed by atoms with E-state index in [1.165, 1.54) is 5.56 Å². The van der Waals surface area contributed by atoms with Gasteiger partial charge in [-0.1, -0.05) is 42.5 Å². The van der Waals surface area contributed by atoms with Gasteiger partial charge < -0.3 is 5.11 Å². The van der Waals surface area contributed by atoms with E-state index < -0.39 is 5.97 Å². The molecule has 0 aliphatic carbocycles. The summed E-state index contributed by atoms with van der Waals surface area (Å²) in [7, 11) is 0. The van der Waals surface area contributed by atoms with E-state index in [-0.39, 0.29) is 5.56 Å². The van der Waals surface area contributed by atoms with Crippen molar-refractivity contribution in [2.24, 2.45) is 0 Å². The molecule has 1 N–H and O–H groups in total. The highest BCUT2D eigenvalue weighted by atomic mass is 16.4. The number of benzene rings is 2. The molecule has 3 aromatic rings. The molecule has 5 nitrogen and oxygen atoms in total. The molecule has 0 amide bonds. The number of carbonyl (C=O) groups is 1. The Morgan fingerprint density at radius 2 is 2.00 bits per heavy atom. The fourth-order valence-electron chi connectivity index (χ4n) is 2.39. The van der Waals surface area contributed by atoms with E-state index in [1.54, 1.807) is 18.2 Å². The summed E-state index contributed by atoms with van der Waals surface area (Å²) >= 11 is 0. The molecule has 3 rings (SSSR count). The summed E-state index contributed by atoms with van der Waals surface area (Å²) in [5, 5.41) is 17.2. The van der Waals surface area contributed by atoms with E-state index >= 15 is 0 Å². The van der Waals surface area contributed by atoms with Crippen molar-refractivity contribution in [3.05, 3.63) is 59.7 Å². The lowest BCUT2D eigenvalue weighted by molar-refractivity contribution is 0.0697. The first-order chi connectivity index (χ1) is 10.1. The first-order valence-electron chi connectivity index (χ1n) is 6.76. The molecule has 0 radical (unpaired) electrons. The molecule has 0 fully saturated rings. The van der Waals surface area contributed by atoms with E-state index in [0.29, 0.717) is 18.0 Å². The van der Waals surface area contributed by atoms with Crippen LogP contribution in [0.1, 0.15) is 28.8 Å². The summed E-state index contributed by atoms with van der Waals surface area (Å²) < 4.78 is 1.82. The predicted octanol–water partition coefficient (Wildman–Crippen LogP) is 2.93. The van der Waals surface area contributed by atoms with Gasteiger partial charge in [0.15, 0.2) is 0 Å². The maximum atomic E-state index is 11.0. The van der Waals surface area contributed by atoms with Crippen LogP contribution < -0.4 is 0 Å². The monoisotopic (exact) mass is 281 g/mol. The van der Waals surface area contributed by atoms with Crippen LogP contribution in [0.3, 0.4) is 0 Å². The van der Waals surface area contributed by atoms with Crippen molar-refractivity contribution in [2.75, 3.05) is 0 Å². The largest absolute Gasteiger partial charge is 0.478 e. The van der Waals surface area contributed by atoms with Gasteiger partial charge in [-0.3, -0.25) is 0 Å². The standard InChI is InChI=1S/C16H15N3O2/c1-11(12-5-3-2-4-6-12)10-19-15-8-7-13(16(20)21)9-14(15)17-18-19/h2-9,11H,10H2,1H3,(H,20,21). The smallest absolute Gasteiger partial charge is 0.335 e. The Balaban J connectivity index is 1.89. The minimum atomic E-state index is -0.955. The number of hydrogen-bond donors (Lipinski definition) is 1. The van der Waals surface area contributed by atoms with Crippen molar-refractivity contribution in [3.8, 4) is 0 Å². The molecule has 1 atom stereocenters. The fourth-order valence-corrected chi connectivity index (χ4v) is 2.39. The molecule has 1 heterocycles. The molecule has 106 valence electrons. The van der Waals surface area contributed by atoms with Crippen LogP contribution in [0.15, 0.2) is 48.5 Å². The van der Waals surface area contributed by atoms with Crippen LogP contribution in [0.4, 0.5) is 0 Å². The van der Waals surface area contributed by atoms with Gasteiger partial charge in [-0.2, -0.15) is 0 Å². The minimum Gasteiger partial charge on any atom is -0.478 e. The van der Waals surface area contributed by atoms with Crippen LogP contribution in [0.2, 0.25) is 0 Å². The predicted molar refractivity (Wildman–Crippen MR) is 79.3 cm³/mol. The van der Waals surface area contributed by atoms with Crippen LogP contribution in [0.25, 0.3) is 11.0 Å². The molecular weight excluding hydrogens is 266 g/mol. The molecule has 21 heavy (non-hydrogen) atoms. The molecule has 2 aromatic carbocycles. The Bertz CT molecular complexity index is 781. The van der Waals surface area contributed by atoms with E-state index in [2.05, 4.69) is 29.4 Å². The van der Waals surface area contributed by atoms with Gasteiger partial charge in [-0.15, -0.1) is 5.10 Å². The fraction of sp³-hybridized carbons (Fsp3) is 0.188. The molecule has 0 saturated carbocycles. The molecule has 0 aliphatic rings. The van der Waals surface area contributed by atoms with Crippen molar-refractivity contribution in [2.45, 2.75) is 19.4 Å². The first kappa shape index (κ1) is 13.3. The van der Waals surface area contributed by atoms with Crippen LogP contribution in [-0.4, -0.2) is 26.1 Å². The zero-order valence-electron chi connectivity index (χ0n) is 11.6. The summed E-state index contributed by atoms with van der Waals surface area (Å²) in [4.78, 5) is 11.0. The molecule has 0 aliphatic heterocycles. The Labute approximate surface area is 121 Å². The summed E-state index contributed by atoms with van der Waals surface area (Å²) in [6, 6.07) is 15.1. The van der Waals surface area contributed by atoms with Crippen LogP contribution in [0.5, 0.6) is 0 Å². The third-order valence-corrected chi connectivity index (χ3v) is 3.58. The summed E-state index contributed by atoms with van der Waals surface area (Å²) in [6.07, 6.45) is 0. The Morgan fingerprint density at radius 1 is 1.24 bits per heavy atom. The highest BCUT2D eigenvalue weighted by Crippen LogP contribution is 2.20. The lowest BCUT2D eigenvalue weighted by atomic mass is 10.0. The lowest BCUT2D eigenvalue weighted by Crippen LogP contribution is -2.08. The second kappa shape index (κ2) is 5.36. The van der Waals surface area contributed by atoms with Crippen molar-refractivity contribution in [3.63, 3.8) is 0 Å². The Kier molecular flexibility index (Phi) is 3.39. The van der Waals surface area contributed by atoms with Crippen molar-refractivity contribution in [1.82, 2.24) is 15.0 Å². The number of hydrogen-bond acceptors (Lipinski definition) is 3. The van der Waals surface area contributed by atoms with Gasteiger partial charge in [0.2, 0.25) is 0 Å². The maximum absolute atomic E-state index is 11.0. The quantitative estimate of drug-likeness (QED) is 0.798. The number of aromatic nitrogens is 3. The summed E-state index contributed by atoms with van der Waals surface area (Å²) in [5.74, 6) is -0.653. The van der Waals surface area contributed by atoms with Crippen LogP contribution in [-0.2, 0) is 6.54 Å². The van der Waals surface area contributed by atoms with Gasteiger partial charge in [-0.05, 0) is 23.8 Å².